The molecule has 3 aromatic rings. The van der Waals surface area contributed by atoms with Crippen LogP contribution in [0.25, 0.3) is 11.2 Å². The standard InChI is InChI=1S/C16H12N6O2S2/c1-24-10-4-2-9(3-5-10)13-11(19-21-20-13)8-12-14(23)22(15(17)26-12)16-18-6-7-25-16/h2-8,17,23H,1H3. The molecule has 0 fully saturated rings. The number of nitrogens with one attached hydrogen (secondary N) is 1. The van der Waals surface area contributed by atoms with Gasteiger partial charge in [-0.1, -0.05) is 11.3 Å². The van der Waals surface area contributed by atoms with E-state index >= 15 is 0 Å². The van der Waals surface area contributed by atoms with Crippen molar-refractivity contribution in [2.24, 2.45) is 15.4 Å². The van der Waals surface area contributed by atoms with Crippen LogP contribution in [0.2, 0.25) is 0 Å². The van der Waals surface area contributed by atoms with Crippen LogP contribution in [0, 0.1) is 5.41 Å². The maximum absolute atomic E-state index is 10.5. The third-order valence-corrected chi connectivity index (χ3v) is 5.28. The lowest BCUT2D eigenvalue weighted by Gasteiger charge is -2.03. The summed E-state index contributed by atoms with van der Waals surface area (Å²) in [4.78, 5) is 4.80. The summed E-state index contributed by atoms with van der Waals surface area (Å²) in [7, 11) is 1.60. The number of allylic oxidation sites excluding steroid dienone is 1. The molecule has 4 rings (SSSR count). The molecule has 1 aliphatic heterocycles. The Bertz CT molecular complexity index is 1090. The molecule has 8 nitrogen and oxygen atoms in total. The molecule has 1 aliphatic rings. The molecule has 1 aromatic carbocycles. The Hall–Kier alpha value is -3.11. The van der Waals surface area contributed by atoms with Crippen molar-refractivity contribution in [3.8, 4) is 16.8 Å². The van der Waals surface area contributed by atoms with Crippen molar-refractivity contribution in [3.05, 3.63) is 56.8 Å². The second-order valence-corrected chi connectivity index (χ2v) is 7.04. The molecule has 0 atom stereocenters. The summed E-state index contributed by atoms with van der Waals surface area (Å²) in [6.45, 7) is 0. The van der Waals surface area contributed by atoms with E-state index in [-0.39, 0.29) is 10.7 Å². The second-order valence-electron chi connectivity index (χ2n) is 5.14. The van der Waals surface area contributed by atoms with E-state index in [1.807, 2.05) is 24.3 Å². The van der Waals surface area contributed by atoms with Gasteiger partial charge in [0, 0.05) is 17.1 Å². The van der Waals surface area contributed by atoms with Crippen molar-refractivity contribution in [2.45, 2.75) is 0 Å². The molecule has 0 unspecified atom stereocenters. The lowest BCUT2D eigenvalue weighted by atomic mass is 10.1. The fourth-order valence-corrected chi connectivity index (χ4v) is 3.92. The Morgan fingerprint density at radius 3 is 2.77 bits per heavy atom. The smallest absolute Gasteiger partial charge is 0.217 e. The van der Waals surface area contributed by atoms with Gasteiger partial charge < -0.3 is 9.84 Å². The largest absolute Gasteiger partial charge is 0.497 e. The van der Waals surface area contributed by atoms with Gasteiger partial charge in [-0.3, -0.25) is 5.41 Å². The minimum atomic E-state index is -0.0568. The Morgan fingerprint density at radius 1 is 1.27 bits per heavy atom. The summed E-state index contributed by atoms with van der Waals surface area (Å²) in [5.41, 5.74) is 1.93. The van der Waals surface area contributed by atoms with Crippen LogP contribution in [-0.2, 0) is 0 Å². The van der Waals surface area contributed by atoms with Gasteiger partial charge in [-0.25, -0.2) is 9.55 Å². The second kappa shape index (κ2) is 6.65. The van der Waals surface area contributed by atoms with E-state index in [4.69, 9.17) is 10.1 Å². The van der Waals surface area contributed by atoms with Crippen LogP contribution >= 0.6 is 22.7 Å². The number of rotatable bonds is 4. The summed E-state index contributed by atoms with van der Waals surface area (Å²) in [6.07, 6.45) is 3.29. The van der Waals surface area contributed by atoms with Crippen LogP contribution in [0.4, 0.5) is 0 Å². The molecule has 0 spiro atoms. The zero-order valence-corrected chi connectivity index (χ0v) is 15.1. The van der Waals surface area contributed by atoms with Crippen LogP contribution in [0.5, 0.6) is 11.6 Å². The van der Waals surface area contributed by atoms with Gasteiger partial charge in [0.2, 0.25) is 5.88 Å². The summed E-state index contributed by atoms with van der Waals surface area (Å²) >= 11 is 2.46. The lowest BCUT2D eigenvalue weighted by Crippen LogP contribution is -2.09. The quantitative estimate of drug-likeness (QED) is 0.719. The average molecular weight is 384 g/mol. The molecular formula is C16H12N6O2S2. The number of methoxy groups -OCH3 is 1. The zero-order chi connectivity index (χ0) is 18.1. The van der Waals surface area contributed by atoms with E-state index in [9.17, 15) is 5.11 Å². The number of thiazole rings is 2. The van der Waals surface area contributed by atoms with Gasteiger partial charge in [-0.15, -0.1) is 21.6 Å². The highest BCUT2D eigenvalue weighted by atomic mass is 32.1. The SMILES string of the molecule is COc1ccc(C2=NN=NC2=Cc2sc(=N)n(-c3nccs3)c2O)cc1. The first-order valence-corrected chi connectivity index (χ1v) is 9.11. The number of benzene rings is 1. The monoisotopic (exact) mass is 384 g/mol. The molecule has 0 saturated carbocycles. The first kappa shape index (κ1) is 16.4. The molecule has 0 bridgehead atoms. The van der Waals surface area contributed by atoms with Crippen LogP contribution in [0.15, 0.2) is 57.0 Å². The molecular weight excluding hydrogens is 372 g/mol. The summed E-state index contributed by atoms with van der Waals surface area (Å²) < 4.78 is 6.55. The Balaban J connectivity index is 1.72. The maximum Gasteiger partial charge on any atom is 0.217 e. The predicted octanol–water partition coefficient (Wildman–Crippen LogP) is 3.40. The molecule has 0 radical (unpaired) electrons. The van der Waals surface area contributed by atoms with Gasteiger partial charge in [-0.05, 0) is 35.6 Å². The van der Waals surface area contributed by atoms with Gasteiger partial charge in [0.25, 0.3) is 0 Å². The number of ether oxygens (including phenoxy) is 1. The third kappa shape index (κ3) is 2.85. The first-order chi connectivity index (χ1) is 12.7. The van der Waals surface area contributed by atoms with E-state index in [2.05, 4.69) is 20.4 Å². The van der Waals surface area contributed by atoms with Crippen molar-refractivity contribution in [2.75, 3.05) is 7.11 Å². The van der Waals surface area contributed by atoms with Crippen molar-refractivity contribution in [3.63, 3.8) is 0 Å². The third-order valence-electron chi connectivity index (χ3n) is 3.62. The Kier molecular flexibility index (Phi) is 4.19. The Morgan fingerprint density at radius 2 is 2.08 bits per heavy atom. The maximum atomic E-state index is 10.5. The lowest BCUT2D eigenvalue weighted by molar-refractivity contribution is 0.415. The minimum Gasteiger partial charge on any atom is -0.497 e. The highest BCUT2D eigenvalue weighted by Gasteiger charge is 2.19. The van der Waals surface area contributed by atoms with E-state index < -0.39 is 0 Å². The van der Waals surface area contributed by atoms with Crippen molar-refractivity contribution in [1.82, 2.24) is 9.55 Å². The number of hydrogen-bond donors (Lipinski definition) is 2. The first-order valence-electron chi connectivity index (χ1n) is 7.42. The molecule has 130 valence electrons. The van der Waals surface area contributed by atoms with E-state index in [0.717, 1.165) is 22.6 Å². The molecule has 0 aliphatic carbocycles. The minimum absolute atomic E-state index is 0.0568. The van der Waals surface area contributed by atoms with Gasteiger partial charge >= 0.3 is 0 Å². The van der Waals surface area contributed by atoms with Gasteiger partial charge in [0.05, 0.1) is 12.0 Å². The van der Waals surface area contributed by atoms with Crippen molar-refractivity contribution < 1.29 is 9.84 Å². The summed E-state index contributed by atoms with van der Waals surface area (Å²) in [5, 5.41) is 32.8. The molecule has 2 N–H and O–H groups in total. The number of aromatic hydroxyl groups is 1. The van der Waals surface area contributed by atoms with Crippen LogP contribution in [-0.4, -0.2) is 27.5 Å². The fraction of sp³-hybridized carbons (Fsp3) is 0.0625. The molecule has 10 heteroatoms. The van der Waals surface area contributed by atoms with Crippen LogP contribution in [0.1, 0.15) is 10.4 Å². The van der Waals surface area contributed by atoms with Crippen molar-refractivity contribution >= 4 is 34.5 Å². The molecule has 2 aromatic heterocycles. The Labute approximate surface area is 155 Å². The van der Waals surface area contributed by atoms with E-state index in [0.29, 0.717) is 21.4 Å². The van der Waals surface area contributed by atoms with E-state index in [1.54, 1.807) is 24.8 Å². The van der Waals surface area contributed by atoms with Gasteiger partial charge in [0.1, 0.15) is 17.2 Å². The van der Waals surface area contributed by atoms with Gasteiger partial charge in [-0.2, -0.15) is 0 Å². The van der Waals surface area contributed by atoms with Gasteiger partial charge in [0.15, 0.2) is 9.93 Å². The highest BCUT2D eigenvalue weighted by molar-refractivity contribution is 7.13. The molecule has 0 amide bonds. The van der Waals surface area contributed by atoms with Crippen LogP contribution in [0.3, 0.4) is 0 Å². The molecule has 26 heavy (non-hydrogen) atoms. The number of nitrogens with zero attached hydrogens (tertiary/aromatic N) is 5. The highest BCUT2D eigenvalue weighted by Crippen LogP contribution is 2.29. The zero-order valence-electron chi connectivity index (χ0n) is 13.4. The number of aromatic nitrogens is 2. The number of hydrogen-bond acceptors (Lipinski definition) is 9. The topological polar surface area (TPSA) is 108 Å². The van der Waals surface area contributed by atoms with Crippen LogP contribution < -0.4 is 9.54 Å². The summed E-state index contributed by atoms with van der Waals surface area (Å²) in [5.74, 6) is 0.685. The fourth-order valence-electron chi connectivity index (χ4n) is 2.39. The molecule has 0 saturated heterocycles. The molecule has 3 heterocycles. The predicted molar refractivity (Wildman–Crippen MR) is 99.2 cm³/mol. The summed E-state index contributed by atoms with van der Waals surface area (Å²) in [6, 6.07) is 7.38. The average Bonchev–Trinajstić information content (AvgIpc) is 3.38. The normalized spacial score (nSPS) is 14.8. The van der Waals surface area contributed by atoms with E-state index in [1.165, 1.54) is 15.9 Å². The van der Waals surface area contributed by atoms with Crippen molar-refractivity contribution in [1.29, 1.82) is 5.41 Å².